The lowest BCUT2D eigenvalue weighted by Crippen LogP contribution is -2.24. The van der Waals surface area contributed by atoms with E-state index in [2.05, 4.69) is 25.4 Å². The number of anilines is 2. The molecular formula is C23H22F3N7O2S. The molecule has 36 heavy (non-hydrogen) atoms. The first-order valence-corrected chi connectivity index (χ1v) is 11.7. The Bertz CT molecular complexity index is 1330. The Hall–Kier alpha value is -3.84. The zero-order chi connectivity index (χ0) is 25.9. The molecule has 1 fully saturated rings. The van der Waals surface area contributed by atoms with Crippen molar-refractivity contribution in [2.75, 3.05) is 18.9 Å². The van der Waals surface area contributed by atoms with Gasteiger partial charge in [-0.1, -0.05) is 30.3 Å². The highest BCUT2D eigenvalue weighted by Crippen LogP contribution is 2.31. The van der Waals surface area contributed by atoms with E-state index in [0.717, 1.165) is 21.3 Å². The van der Waals surface area contributed by atoms with E-state index in [1.807, 2.05) is 35.7 Å². The van der Waals surface area contributed by atoms with Crippen molar-refractivity contribution in [3.63, 3.8) is 0 Å². The predicted molar refractivity (Wildman–Crippen MR) is 128 cm³/mol. The van der Waals surface area contributed by atoms with Gasteiger partial charge < -0.3 is 15.3 Å². The number of benzene rings is 1. The molecule has 2 N–H and O–H groups in total. The molecule has 9 nitrogen and oxygen atoms in total. The van der Waals surface area contributed by atoms with Crippen molar-refractivity contribution >= 4 is 29.0 Å². The monoisotopic (exact) mass is 517 g/mol. The number of carbonyl (C=O) groups excluding carboxylic acids is 1. The number of likely N-dealkylation sites (N-methyl/N-ethyl adjacent to an activating group) is 1. The molecule has 188 valence electrons. The van der Waals surface area contributed by atoms with Crippen LogP contribution in [-0.4, -0.2) is 60.3 Å². The van der Waals surface area contributed by atoms with E-state index in [-0.39, 0.29) is 17.7 Å². The number of aryl methyl sites for hydroxylation is 1. The van der Waals surface area contributed by atoms with E-state index in [1.54, 1.807) is 13.1 Å². The SMILES string of the molecule is CN1CCC(O)C1=O.Cn1nc(Nc2nccc(-c3csc(-c4ccccc4)n3)n2)cc1C(F)(F)F. The molecule has 1 unspecified atom stereocenters. The number of aliphatic hydroxyl groups is 1. The Morgan fingerprint density at radius 3 is 2.44 bits per heavy atom. The molecule has 0 spiro atoms. The largest absolute Gasteiger partial charge is 0.433 e. The molecule has 1 atom stereocenters. The van der Waals surface area contributed by atoms with Crippen molar-refractivity contribution in [3.05, 3.63) is 59.7 Å². The topological polar surface area (TPSA) is 109 Å². The molecule has 13 heteroatoms. The molecule has 0 aliphatic carbocycles. The number of aliphatic hydroxyl groups excluding tert-OH is 1. The summed E-state index contributed by atoms with van der Waals surface area (Å²) < 4.78 is 39.5. The summed E-state index contributed by atoms with van der Waals surface area (Å²) in [5.74, 6) is -0.00110. The predicted octanol–water partition coefficient (Wildman–Crippen LogP) is 3.97. The number of thiazole rings is 1. The number of hydrogen-bond donors (Lipinski definition) is 2. The molecule has 0 bridgehead atoms. The van der Waals surface area contributed by atoms with Gasteiger partial charge in [0.05, 0.1) is 5.69 Å². The third-order valence-electron chi connectivity index (χ3n) is 5.25. The molecule has 4 heterocycles. The minimum absolute atomic E-state index is 0.00947. The van der Waals surface area contributed by atoms with Crippen LogP contribution in [0.3, 0.4) is 0 Å². The summed E-state index contributed by atoms with van der Waals surface area (Å²) in [5, 5.41) is 18.0. The number of likely N-dealkylation sites (tertiary alicyclic amines) is 1. The highest BCUT2D eigenvalue weighted by Gasteiger charge is 2.35. The average molecular weight is 518 g/mol. The molecule has 1 aromatic carbocycles. The highest BCUT2D eigenvalue weighted by molar-refractivity contribution is 7.13. The molecule has 3 aromatic heterocycles. The fourth-order valence-corrected chi connectivity index (χ4v) is 4.20. The summed E-state index contributed by atoms with van der Waals surface area (Å²) in [6.45, 7) is 0.694. The third-order valence-corrected chi connectivity index (χ3v) is 6.14. The van der Waals surface area contributed by atoms with Crippen LogP contribution in [0.2, 0.25) is 0 Å². The second-order valence-corrected chi connectivity index (χ2v) is 8.75. The average Bonchev–Trinajstić information content (AvgIpc) is 3.56. The first-order chi connectivity index (χ1) is 17.1. The minimum Gasteiger partial charge on any atom is -0.383 e. The number of alkyl halides is 3. The molecular weight excluding hydrogens is 495 g/mol. The van der Waals surface area contributed by atoms with Gasteiger partial charge in [0.2, 0.25) is 5.95 Å². The summed E-state index contributed by atoms with van der Waals surface area (Å²) in [5.41, 5.74) is 1.35. The second kappa shape index (κ2) is 10.4. The van der Waals surface area contributed by atoms with Crippen LogP contribution in [-0.2, 0) is 18.0 Å². The number of aromatic nitrogens is 5. The number of carbonyl (C=O) groups is 1. The van der Waals surface area contributed by atoms with Crippen molar-refractivity contribution < 1.29 is 23.1 Å². The molecule has 1 aliphatic heterocycles. The molecule has 0 saturated carbocycles. The van der Waals surface area contributed by atoms with Gasteiger partial charge in [-0.2, -0.15) is 18.3 Å². The number of rotatable bonds is 4. The van der Waals surface area contributed by atoms with Crippen LogP contribution in [0, 0.1) is 0 Å². The van der Waals surface area contributed by atoms with Crippen LogP contribution in [0.15, 0.2) is 54.0 Å². The van der Waals surface area contributed by atoms with Crippen molar-refractivity contribution in [1.82, 2.24) is 29.6 Å². The maximum Gasteiger partial charge on any atom is 0.433 e. The van der Waals surface area contributed by atoms with E-state index < -0.39 is 18.0 Å². The van der Waals surface area contributed by atoms with Crippen LogP contribution < -0.4 is 5.32 Å². The fourth-order valence-electron chi connectivity index (χ4n) is 3.38. The summed E-state index contributed by atoms with van der Waals surface area (Å²) in [4.78, 5) is 25.1. The molecule has 5 rings (SSSR count). The Labute approximate surface area is 208 Å². The van der Waals surface area contributed by atoms with Gasteiger partial charge >= 0.3 is 6.18 Å². The lowest BCUT2D eigenvalue weighted by atomic mass is 10.2. The van der Waals surface area contributed by atoms with Gasteiger partial charge in [-0.05, 0) is 12.5 Å². The Balaban J connectivity index is 0.000000325. The van der Waals surface area contributed by atoms with E-state index in [0.29, 0.717) is 24.4 Å². The highest BCUT2D eigenvalue weighted by atomic mass is 32.1. The molecule has 1 aliphatic rings. The van der Waals surface area contributed by atoms with Crippen LogP contribution in [0.5, 0.6) is 0 Å². The Morgan fingerprint density at radius 2 is 1.86 bits per heavy atom. The second-order valence-electron chi connectivity index (χ2n) is 7.89. The standard InChI is InChI=1S/C18H13F3N6S.C5H9NO2/c1-27-14(18(19,20)21)9-15(26-27)25-17-22-8-7-12(24-17)13-10-28-16(23-13)11-5-3-2-4-6-11;1-6-3-2-4(7)5(6)8/h2-10H,1H3,(H,22,24,25,26);4,7H,2-3H2,1H3. The van der Waals surface area contributed by atoms with Crippen LogP contribution in [0.4, 0.5) is 24.9 Å². The maximum atomic E-state index is 12.9. The smallest absolute Gasteiger partial charge is 0.383 e. The minimum atomic E-state index is -4.49. The Morgan fingerprint density at radius 1 is 1.11 bits per heavy atom. The molecule has 0 radical (unpaired) electrons. The van der Waals surface area contributed by atoms with Gasteiger partial charge in [0.25, 0.3) is 5.91 Å². The van der Waals surface area contributed by atoms with E-state index in [9.17, 15) is 18.0 Å². The lowest BCUT2D eigenvalue weighted by molar-refractivity contribution is -0.143. The summed E-state index contributed by atoms with van der Waals surface area (Å²) in [6.07, 6.45) is -3.10. The van der Waals surface area contributed by atoms with Crippen LogP contribution in [0.25, 0.3) is 22.0 Å². The van der Waals surface area contributed by atoms with Gasteiger partial charge in [0, 0.05) is 43.8 Å². The third kappa shape index (κ3) is 5.86. The van der Waals surface area contributed by atoms with Crippen molar-refractivity contribution in [2.24, 2.45) is 7.05 Å². The van der Waals surface area contributed by atoms with Crippen molar-refractivity contribution in [1.29, 1.82) is 0 Å². The normalized spacial score (nSPS) is 15.6. The van der Waals surface area contributed by atoms with Gasteiger partial charge in [0.15, 0.2) is 5.82 Å². The van der Waals surface area contributed by atoms with Gasteiger partial charge in [-0.15, -0.1) is 11.3 Å². The van der Waals surface area contributed by atoms with Crippen molar-refractivity contribution in [3.8, 4) is 22.0 Å². The van der Waals surface area contributed by atoms with E-state index in [4.69, 9.17) is 5.11 Å². The number of amides is 1. The van der Waals surface area contributed by atoms with Gasteiger partial charge in [0.1, 0.15) is 22.5 Å². The molecule has 4 aromatic rings. The number of hydrogen-bond acceptors (Lipinski definition) is 8. The summed E-state index contributed by atoms with van der Waals surface area (Å²) in [7, 11) is 2.92. The molecule has 1 saturated heterocycles. The maximum absolute atomic E-state index is 12.9. The van der Waals surface area contributed by atoms with E-state index >= 15 is 0 Å². The zero-order valence-corrected chi connectivity index (χ0v) is 20.1. The lowest BCUT2D eigenvalue weighted by Gasteiger charge is -2.04. The first-order valence-electron chi connectivity index (χ1n) is 10.8. The van der Waals surface area contributed by atoms with Crippen LogP contribution >= 0.6 is 11.3 Å². The quantitative estimate of drug-likeness (QED) is 0.422. The van der Waals surface area contributed by atoms with E-state index in [1.165, 1.54) is 29.5 Å². The molecule has 1 amide bonds. The Kier molecular flexibility index (Phi) is 7.31. The number of nitrogens with one attached hydrogen (secondary N) is 1. The van der Waals surface area contributed by atoms with Crippen LogP contribution in [0.1, 0.15) is 12.1 Å². The first kappa shape index (κ1) is 25.3. The fraction of sp³-hybridized carbons (Fsp3) is 0.261. The zero-order valence-electron chi connectivity index (χ0n) is 19.3. The van der Waals surface area contributed by atoms with Crippen molar-refractivity contribution in [2.45, 2.75) is 18.7 Å². The van der Waals surface area contributed by atoms with Gasteiger partial charge in [-0.25, -0.2) is 15.0 Å². The number of halogens is 3. The summed E-state index contributed by atoms with van der Waals surface area (Å²) in [6, 6.07) is 12.3. The summed E-state index contributed by atoms with van der Waals surface area (Å²) >= 11 is 1.48. The number of nitrogens with zero attached hydrogens (tertiary/aromatic N) is 6. The van der Waals surface area contributed by atoms with Gasteiger partial charge in [-0.3, -0.25) is 9.48 Å².